The highest BCUT2D eigenvalue weighted by molar-refractivity contribution is 5.92. The maximum absolute atomic E-state index is 10.7. The number of aliphatic hydroxyl groups excluding tert-OH is 8. The Kier molecular flexibility index (Phi) is 13.1. The molecule has 7 heterocycles. The van der Waals surface area contributed by atoms with Crippen LogP contribution in [-0.4, -0.2) is 142 Å². The van der Waals surface area contributed by atoms with Gasteiger partial charge in [0.15, 0.2) is 12.6 Å². The van der Waals surface area contributed by atoms with Crippen LogP contribution in [0, 0.1) is 20.8 Å². The van der Waals surface area contributed by atoms with Crippen LogP contribution < -0.4 is 0 Å². The second-order valence-electron chi connectivity index (χ2n) is 16.3. The van der Waals surface area contributed by atoms with Crippen LogP contribution in [0.1, 0.15) is 96.9 Å². The summed E-state index contributed by atoms with van der Waals surface area (Å²) in [6.07, 6.45) is -11.8. The highest BCUT2D eigenvalue weighted by Gasteiger charge is 2.45. The van der Waals surface area contributed by atoms with Gasteiger partial charge in [-0.3, -0.25) is 4.98 Å². The zero-order valence-corrected chi connectivity index (χ0v) is 34.3. The lowest BCUT2D eigenvalue weighted by molar-refractivity contribution is -0.304. The number of hydrogen-bond donors (Lipinski definition) is 10. The van der Waals surface area contributed by atoms with Gasteiger partial charge in [-0.2, -0.15) is 0 Å². The number of ether oxygens (including phenoxy) is 4. The third-order valence-electron chi connectivity index (χ3n) is 12.6. The summed E-state index contributed by atoms with van der Waals surface area (Å²) in [6, 6.07) is 8.22. The van der Waals surface area contributed by atoms with Crippen molar-refractivity contribution in [1.29, 1.82) is 0 Å². The number of rotatable bonds is 11. The van der Waals surface area contributed by atoms with Gasteiger partial charge in [0.05, 0.1) is 31.2 Å². The fraction of sp³-hybridized carbons (Fsp3) is 0.581. The van der Waals surface area contributed by atoms with Crippen molar-refractivity contribution in [2.45, 2.75) is 141 Å². The first-order valence-electron chi connectivity index (χ1n) is 20.4. The van der Waals surface area contributed by atoms with E-state index in [1.807, 2.05) is 19.1 Å². The average Bonchev–Trinajstić information content (AvgIpc) is 3.92. The molecule has 0 amide bonds. The molecule has 0 spiro atoms. The van der Waals surface area contributed by atoms with Gasteiger partial charge in [0, 0.05) is 57.5 Å². The quantitative estimate of drug-likeness (QED) is 0.125. The van der Waals surface area contributed by atoms with Crippen LogP contribution in [0.2, 0.25) is 0 Å². The highest BCUT2D eigenvalue weighted by Crippen LogP contribution is 2.42. The summed E-state index contributed by atoms with van der Waals surface area (Å²) in [4.78, 5) is 17.6. The minimum atomic E-state index is -1.58. The molecule has 0 aromatic carbocycles. The van der Waals surface area contributed by atoms with Crippen molar-refractivity contribution in [3.8, 4) is 0 Å². The Morgan fingerprint density at radius 2 is 1.27 bits per heavy atom. The van der Waals surface area contributed by atoms with E-state index in [0.29, 0.717) is 12.8 Å². The van der Waals surface area contributed by atoms with Gasteiger partial charge >= 0.3 is 0 Å². The summed E-state index contributed by atoms with van der Waals surface area (Å²) in [6.45, 7) is 11.4. The topological polar surface area (TPSA) is 256 Å². The molecule has 0 aliphatic carbocycles. The monoisotopic (exact) mass is 822 g/mol. The van der Waals surface area contributed by atoms with E-state index in [1.165, 1.54) is 0 Å². The Bertz CT molecular complexity index is 2200. The van der Waals surface area contributed by atoms with Crippen molar-refractivity contribution in [2.24, 2.45) is 0 Å². The van der Waals surface area contributed by atoms with E-state index >= 15 is 0 Å². The lowest BCUT2D eigenvalue weighted by atomic mass is 9.86. The summed E-state index contributed by atoms with van der Waals surface area (Å²) in [5.74, 6) is -0.0722. The number of nitrogens with one attached hydrogen (secondary N) is 2. The van der Waals surface area contributed by atoms with E-state index in [4.69, 9.17) is 28.9 Å². The second-order valence-corrected chi connectivity index (χ2v) is 16.3. The minimum Gasteiger partial charge on any atom is -0.394 e. The van der Waals surface area contributed by atoms with Gasteiger partial charge in [-0.15, -0.1) is 0 Å². The van der Waals surface area contributed by atoms with E-state index in [0.717, 1.165) is 84.7 Å². The number of allylic oxidation sites excluding steroid dienone is 2. The molecule has 3 aromatic rings. The van der Waals surface area contributed by atoms with Gasteiger partial charge in [-0.05, 0) is 99.1 Å². The smallest absolute Gasteiger partial charge is 0.187 e. The Morgan fingerprint density at radius 3 is 1.90 bits per heavy atom. The van der Waals surface area contributed by atoms with Gasteiger partial charge in [0.25, 0.3) is 0 Å². The maximum Gasteiger partial charge on any atom is 0.187 e. The minimum absolute atomic E-state index is 0.0325. The number of H-pyrrole nitrogens is 2. The van der Waals surface area contributed by atoms with Crippen LogP contribution in [0.15, 0.2) is 24.3 Å². The summed E-state index contributed by atoms with van der Waals surface area (Å²) in [5.41, 5.74) is 12.6. The number of aryl methyl sites for hydroxylation is 3. The van der Waals surface area contributed by atoms with Crippen molar-refractivity contribution in [3.05, 3.63) is 69.3 Å². The number of aromatic nitrogens is 4. The van der Waals surface area contributed by atoms with E-state index in [9.17, 15) is 40.9 Å². The normalized spacial score (nSPS) is 31.3. The van der Waals surface area contributed by atoms with Crippen molar-refractivity contribution in [3.63, 3.8) is 0 Å². The number of fused-ring (bicyclic) bond motifs is 8. The molecule has 16 heteroatoms. The molecular formula is C43H58N4O12. The van der Waals surface area contributed by atoms with E-state index < -0.39 is 74.6 Å². The molecular weight excluding hydrogens is 764 g/mol. The standard InChI is InChI=1S/C43H58N4O12/c1-7-23-19(3)29-14-32-25(17-57-43-41(55)39(53)37(51)34(16-49)59-43)21(5)28(46-32)13-30-20(4)24(9-8-10-56-42-40(54)38(52)36(50)33(15-48)58-42)35(47-30)22(6)27-11-18(2)26(44-27)12-31(23)45-29/h11-14,20,24,33-34,36-44,46,48-55H,7-10,15-17H2,1-6H3/t20-,24-,33+,34+,36+,37+,38-,39-,40+,41+,42+,43+/m0/s1. The van der Waals surface area contributed by atoms with Crippen molar-refractivity contribution in [2.75, 3.05) is 19.8 Å². The molecule has 4 aliphatic heterocycles. The van der Waals surface area contributed by atoms with Gasteiger partial charge in [0.1, 0.15) is 48.8 Å². The number of nitrogens with zero attached hydrogens (tertiary/aromatic N) is 2. The predicted molar refractivity (Wildman–Crippen MR) is 217 cm³/mol. The predicted octanol–water partition coefficient (Wildman–Crippen LogP) is 2.38. The van der Waals surface area contributed by atoms with E-state index in [-0.39, 0.29) is 25.0 Å². The van der Waals surface area contributed by atoms with Gasteiger partial charge in [-0.25, -0.2) is 4.98 Å². The van der Waals surface area contributed by atoms with E-state index in [1.54, 1.807) is 0 Å². The number of aromatic amines is 2. The number of hydrogen-bond acceptors (Lipinski definition) is 14. The molecule has 7 rings (SSSR count). The van der Waals surface area contributed by atoms with Crippen LogP contribution in [-0.2, 0) is 25.6 Å². The van der Waals surface area contributed by atoms with Crippen molar-refractivity contribution < 1.29 is 59.8 Å². The molecule has 4 aliphatic rings. The summed E-state index contributed by atoms with van der Waals surface area (Å²) >= 11 is 0. The molecule has 0 saturated carbocycles. The van der Waals surface area contributed by atoms with Crippen molar-refractivity contribution in [1.82, 2.24) is 19.9 Å². The molecule has 12 atom stereocenters. The largest absolute Gasteiger partial charge is 0.394 e. The Hall–Kier alpha value is -3.62. The van der Waals surface area contributed by atoms with Gasteiger partial charge in [0.2, 0.25) is 0 Å². The molecule has 8 bridgehead atoms. The lowest BCUT2D eigenvalue weighted by Crippen LogP contribution is -2.59. The lowest BCUT2D eigenvalue weighted by Gasteiger charge is -2.39. The number of aliphatic hydroxyl groups is 8. The van der Waals surface area contributed by atoms with Crippen LogP contribution in [0.3, 0.4) is 0 Å². The zero-order valence-electron chi connectivity index (χ0n) is 34.3. The molecule has 0 unspecified atom stereocenters. The average molecular weight is 823 g/mol. The molecule has 16 nitrogen and oxygen atoms in total. The van der Waals surface area contributed by atoms with Gasteiger partial charge in [-0.1, -0.05) is 13.8 Å². The van der Waals surface area contributed by atoms with Crippen LogP contribution in [0.5, 0.6) is 0 Å². The molecule has 59 heavy (non-hydrogen) atoms. The SMILES string of the molecule is CCC1=C(C)c2cc3[nH]c(cc4nc(c(C)c5cc(C)c(cc1n2)[nH]5)[C@@H](CCCO[C@@H]1O[C@H](CO)[C@@H](O)[C@H](O)[C@H]1O)[C@@H]4C)c(C)c3CO[C@@H]1O[C@H](CO)[C@@H](O)[C@H](O)[C@H]1O. The first-order chi connectivity index (χ1) is 28.2. The molecule has 2 saturated heterocycles. The van der Waals surface area contributed by atoms with Crippen LogP contribution in [0.25, 0.3) is 33.2 Å². The Balaban J connectivity index is 1.29. The summed E-state index contributed by atoms with van der Waals surface area (Å²) in [7, 11) is 0. The fourth-order valence-corrected chi connectivity index (χ4v) is 8.71. The van der Waals surface area contributed by atoms with Crippen LogP contribution in [0.4, 0.5) is 0 Å². The zero-order chi connectivity index (χ0) is 42.4. The van der Waals surface area contributed by atoms with Crippen molar-refractivity contribution >= 4 is 33.2 Å². The second kappa shape index (κ2) is 17.8. The van der Waals surface area contributed by atoms with Crippen LogP contribution >= 0.6 is 0 Å². The highest BCUT2D eigenvalue weighted by atomic mass is 16.7. The molecule has 2 fully saturated rings. The molecule has 3 aromatic heterocycles. The molecule has 322 valence electrons. The molecule has 10 N–H and O–H groups in total. The van der Waals surface area contributed by atoms with E-state index in [2.05, 4.69) is 56.7 Å². The third kappa shape index (κ3) is 8.26. The summed E-state index contributed by atoms with van der Waals surface area (Å²) in [5, 5.41) is 81.8. The fourth-order valence-electron chi connectivity index (χ4n) is 8.71. The summed E-state index contributed by atoms with van der Waals surface area (Å²) < 4.78 is 23.2. The third-order valence-corrected chi connectivity index (χ3v) is 12.6. The Morgan fingerprint density at radius 1 is 0.678 bits per heavy atom. The first kappa shape index (κ1) is 43.5. The first-order valence-corrected chi connectivity index (χ1v) is 20.4. The Labute approximate surface area is 342 Å². The molecule has 0 radical (unpaired) electrons. The van der Waals surface area contributed by atoms with Gasteiger partial charge < -0.3 is 69.8 Å². The maximum atomic E-state index is 10.7.